The predicted molar refractivity (Wildman–Crippen MR) is 52.7 cm³/mol. The number of aliphatic hydroxyl groups excluding tert-OH is 1. The summed E-state index contributed by atoms with van der Waals surface area (Å²) in [6, 6.07) is 7.51. The molecule has 1 N–H and O–H groups in total. The van der Waals surface area contributed by atoms with E-state index in [4.69, 9.17) is 9.47 Å². The number of hydrogen-bond acceptors (Lipinski definition) is 3. The summed E-state index contributed by atoms with van der Waals surface area (Å²) in [5.74, 6) is 1.48. The van der Waals surface area contributed by atoms with Crippen molar-refractivity contribution in [1.29, 1.82) is 0 Å². The molecule has 1 heterocycles. The van der Waals surface area contributed by atoms with E-state index in [2.05, 4.69) is 0 Å². The van der Waals surface area contributed by atoms with Gasteiger partial charge >= 0.3 is 0 Å². The van der Waals surface area contributed by atoms with Crippen LogP contribution in [0.2, 0.25) is 0 Å². The Kier molecular flexibility index (Phi) is 2.59. The van der Waals surface area contributed by atoms with Crippen molar-refractivity contribution in [1.82, 2.24) is 0 Å². The first-order chi connectivity index (χ1) is 6.81. The fourth-order valence-corrected chi connectivity index (χ4v) is 1.49. The second-order valence-electron chi connectivity index (χ2n) is 3.39. The number of ether oxygens (including phenoxy) is 2. The highest BCUT2D eigenvalue weighted by Gasteiger charge is 2.25. The van der Waals surface area contributed by atoms with Gasteiger partial charge in [-0.3, -0.25) is 0 Å². The minimum atomic E-state index is -0.455. The molecule has 3 heteroatoms. The van der Waals surface area contributed by atoms with Crippen LogP contribution in [0.5, 0.6) is 11.5 Å². The summed E-state index contributed by atoms with van der Waals surface area (Å²) in [7, 11) is 0. The van der Waals surface area contributed by atoms with Crippen molar-refractivity contribution in [2.24, 2.45) is 0 Å². The Hall–Kier alpha value is -1.22. The first-order valence-electron chi connectivity index (χ1n) is 4.88. The van der Waals surface area contributed by atoms with Crippen molar-refractivity contribution in [2.45, 2.75) is 25.6 Å². The Labute approximate surface area is 83.3 Å². The Morgan fingerprint density at radius 2 is 2.14 bits per heavy atom. The van der Waals surface area contributed by atoms with E-state index in [1.807, 2.05) is 31.2 Å². The molecule has 1 aliphatic rings. The average Bonchev–Trinajstić information content (AvgIpc) is 2.27. The van der Waals surface area contributed by atoms with Gasteiger partial charge in [-0.15, -0.1) is 0 Å². The van der Waals surface area contributed by atoms with Crippen molar-refractivity contribution in [3.8, 4) is 11.5 Å². The molecule has 0 spiro atoms. The van der Waals surface area contributed by atoms with Crippen LogP contribution in [0.4, 0.5) is 0 Å². The van der Waals surface area contributed by atoms with Crippen LogP contribution in [0, 0.1) is 0 Å². The predicted octanol–water partition coefficient (Wildman–Crippen LogP) is 1.60. The van der Waals surface area contributed by atoms with E-state index in [0.717, 1.165) is 11.5 Å². The Morgan fingerprint density at radius 1 is 1.43 bits per heavy atom. The third-order valence-electron chi connectivity index (χ3n) is 2.38. The van der Waals surface area contributed by atoms with Gasteiger partial charge in [-0.2, -0.15) is 0 Å². The van der Waals surface area contributed by atoms with Crippen LogP contribution >= 0.6 is 0 Å². The molecule has 0 bridgehead atoms. The number of fused-ring (bicyclic) bond motifs is 1. The third-order valence-corrected chi connectivity index (χ3v) is 2.38. The average molecular weight is 194 g/mol. The summed E-state index contributed by atoms with van der Waals surface area (Å²) in [4.78, 5) is 0. The van der Waals surface area contributed by atoms with E-state index in [0.29, 0.717) is 13.0 Å². The highest BCUT2D eigenvalue weighted by molar-refractivity contribution is 5.40. The normalized spacial score (nSPS) is 21.7. The fraction of sp³-hybridized carbons (Fsp3) is 0.455. The highest BCUT2D eigenvalue weighted by Crippen LogP contribution is 2.31. The first-order valence-corrected chi connectivity index (χ1v) is 4.88. The van der Waals surface area contributed by atoms with Crippen LogP contribution in [0.25, 0.3) is 0 Å². The lowest BCUT2D eigenvalue weighted by Gasteiger charge is -2.29. The molecular formula is C11H14O3. The molecule has 1 aromatic rings. The smallest absolute Gasteiger partial charge is 0.161 e. The van der Waals surface area contributed by atoms with Gasteiger partial charge in [0.25, 0.3) is 0 Å². The minimum absolute atomic E-state index is 0.241. The summed E-state index contributed by atoms with van der Waals surface area (Å²) < 4.78 is 11.1. The molecule has 2 atom stereocenters. The molecule has 0 radical (unpaired) electrons. The lowest BCUT2D eigenvalue weighted by atomic mass is 10.1. The van der Waals surface area contributed by atoms with Crippen molar-refractivity contribution in [3.63, 3.8) is 0 Å². The van der Waals surface area contributed by atoms with Crippen LogP contribution in [0.15, 0.2) is 24.3 Å². The van der Waals surface area contributed by atoms with Crippen LogP contribution < -0.4 is 9.47 Å². The standard InChI is InChI=1S/C11H14O3/c1-2-8(12)11-7-13-9-5-3-4-6-10(9)14-11/h3-6,8,11-12H,2,7H2,1H3. The molecule has 0 saturated carbocycles. The van der Waals surface area contributed by atoms with Gasteiger partial charge in [0.1, 0.15) is 6.61 Å². The van der Waals surface area contributed by atoms with Gasteiger partial charge in [0.15, 0.2) is 17.6 Å². The zero-order valence-electron chi connectivity index (χ0n) is 8.14. The molecule has 3 nitrogen and oxygen atoms in total. The number of benzene rings is 1. The van der Waals surface area contributed by atoms with Gasteiger partial charge in [0.05, 0.1) is 6.10 Å². The van der Waals surface area contributed by atoms with Crippen molar-refractivity contribution in [2.75, 3.05) is 6.61 Å². The molecule has 0 aromatic heterocycles. The van der Waals surface area contributed by atoms with Gasteiger partial charge in [0.2, 0.25) is 0 Å². The maximum Gasteiger partial charge on any atom is 0.161 e. The Morgan fingerprint density at radius 3 is 2.86 bits per heavy atom. The van der Waals surface area contributed by atoms with E-state index in [-0.39, 0.29) is 6.10 Å². The summed E-state index contributed by atoms with van der Waals surface area (Å²) >= 11 is 0. The Balaban J connectivity index is 2.13. The van der Waals surface area contributed by atoms with Crippen molar-refractivity contribution in [3.05, 3.63) is 24.3 Å². The van der Waals surface area contributed by atoms with Crippen LogP contribution in [0.1, 0.15) is 13.3 Å². The molecular weight excluding hydrogens is 180 g/mol. The van der Waals surface area contributed by atoms with Crippen molar-refractivity contribution >= 4 is 0 Å². The molecule has 0 saturated heterocycles. The van der Waals surface area contributed by atoms with Gasteiger partial charge in [-0.1, -0.05) is 19.1 Å². The minimum Gasteiger partial charge on any atom is -0.486 e. The fourth-order valence-electron chi connectivity index (χ4n) is 1.49. The molecule has 76 valence electrons. The zero-order chi connectivity index (χ0) is 9.97. The van der Waals surface area contributed by atoms with Gasteiger partial charge in [-0.25, -0.2) is 0 Å². The topological polar surface area (TPSA) is 38.7 Å². The maximum atomic E-state index is 9.60. The number of hydrogen-bond donors (Lipinski definition) is 1. The molecule has 1 aliphatic heterocycles. The van der Waals surface area contributed by atoms with Crippen LogP contribution in [-0.4, -0.2) is 23.9 Å². The van der Waals surface area contributed by atoms with E-state index in [9.17, 15) is 5.11 Å². The molecule has 1 aromatic carbocycles. The number of para-hydroxylation sites is 2. The largest absolute Gasteiger partial charge is 0.486 e. The highest BCUT2D eigenvalue weighted by atomic mass is 16.6. The number of rotatable bonds is 2. The quantitative estimate of drug-likeness (QED) is 0.777. The van der Waals surface area contributed by atoms with Gasteiger partial charge < -0.3 is 14.6 Å². The molecule has 0 fully saturated rings. The lowest BCUT2D eigenvalue weighted by Crippen LogP contribution is -2.39. The van der Waals surface area contributed by atoms with Gasteiger partial charge in [0, 0.05) is 0 Å². The summed E-state index contributed by atoms with van der Waals surface area (Å²) in [5.41, 5.74) is 0. The summed E-state index contributed by atoms with van der Waals surface area (Å²) in [6.45, 7) is 2.35. The van der Waals surface area contributed by atoms with E-state index in [1.165, 1.54) is 0 Å². The molecule has 0 amide bonds. The molecule has 2 rings (SSSR count). The molecule has 2 unspecified atom stereocenters. The summed E-state index contributed by atoms with van der Waals surface area (Å²) in [6.07, 6.45) is -0.0193. The molecule has 0 aliphatic carbocycles. The monoisotopic (exact) mass is 194 g/mol. The summed E-state index contributed by atoms with van der Waals surface area (Å²) in [5, 5.41) is 9.60. The third kappa shape index (κ3) is 1.68. The van der Waals surface area contributed by atoms with E-state index >= 15 is 0 Å². The Bertz CT molecular complexity index is 311. The van der Waals surface area contributed by atoms with Crippen molar-refractivity contribution < 1.29 is 14.6 Å². The van der Waals surface area contributed by atoms with E-state index < -0.39 is 6.10 Å². The second-order valence-corrected chi connectivity index (χ2v) is 3.39. The van der Waals surface area contributed by atoms with Crippen LogP contribution in [0.3, 0.4) is 0 Å². The van der Waals surface area contributed by atoms with Crippen LogP contribution in [-0.2, 0) is 0 Å². The first kappa shape index (κ1) is 9.34. The van der Waals surface area contributed by atoms with E-state index in [1.54, 1.807) is 0 Å². The zero-order valence-corrected chi connectivity index (χ0v) is 8.14. The lowest BCUT2D eigenvalue weighted by molar-refractivity contribution is -0.0113. The maximum absolute atomic E-state index is 9.60. The number of aliphatic hydroxyl groups is 1. The second kappa shape index (κ2) is 3.88. The van der Waals surface area contributed by atoms with Gasteiger partial charge in [-0.05, 0) is 18.6 Å². The SMILES string of the molecule is CCC(O)C1COc2ccccc2O1. The molecule has 14 heavy (non-hydrogen) atoms.